The molecule has 1 fully saturated rings. The number of rotatable bonds is 4. The molecule has 1 N–H and O–H groups in total. The summed E-state index contributed by atoms with van der Waals surface area (Å²) in [6, 6.07) is 9.10. The molecule has 0 aliphatic carbocycles. The van der Waals surface area contributed by atoms with E-state index in [4.69, 9.17) is 9.57 Å². The zero-order valence-corrected chi connectivity index (χ0v) is 16.2. The van der Waals surface area contributed by atoms with E-state index in [0.29, 0.717) is 24.1 Å². The van der Waals surface area contributed by atoms with Crippen molar-refractivity contribution < 1.29 is 19.2 Å². The molecule has 2 rings (SSSR count). The van der Waals surface area contributed by atoms with Gasteiger partial charge in [-0.3, -0.25) is 5.32 Å². The summed E-state index contributed by atoms with van der Waals surface area (Å²) in [7, 11) is 0. The number of benzene rings is 1. The second kappa shape index (κ2) is 7.50. The lowest BCUT2D eigenvalue weighted by molar-refractivity contribution is -0.266. The monoisotopic (exact) mass is 360 g/mol. The van der Waals surface area contributed by atoms with Gasteiger partial charge in [0.25, 0.3) is 0 Å². The van der Waals surface area contributed by atoms with Crippen molar-refractivity contribution in [1.29, 1.82) is 0 Å². The number of ether oxygens (including phenoxy) is 1. The normalized spacial score (nSPS) is 21.5. The molecular formula is C20H28N2O4. The van der Waals surface area contributed by atoms with Crippen LogP contribution in [0.2, 0.25) is 0 Å². The maximum absolute atomic E-state index is 12.4. The predicted molar refractivity (Wildman–Crippen MR) is 100 cm³/mol. The lowest BCUT2D eigenvalue weighted by Gasteiger charge is -2.53. The van der Waals surface area contributed by atoms with Gasteiger partial charge in [-0.05, 0) is 59.6 Å². The molecule has 26 heavy (non-hydrogen) atoms. The summed E-state index contributed by atoms with van der Waals surface area (Å²) in [6.07, 6.45) is 0.399. The van der Waals surface area contributed by atoms with Crippen LogP contribution >= 0.6 is 0 Å². The third kappa shape index (κ3) is 4.43. The number of piperidine rings is 1. The third-order valence-electron chi connectivity index (χ3n) is 4.67. The Bertz CT molecular complexity index is 682. The Labute approximate surface area is 155 Å². The van der Waals surface area contributed by atoms with E-state index < -0.39 is 29.2 Å². The summed E-state index contributed by atoms with van der Waals surface area (Å²) in [4.78, 5) is 30.0. The summed E-state index contributed by atoms with van der Waals surface area (Å²) in [5.41, 5.74) is -0.0971. The first-order valence-corrected chi connectivity index (χ1v) is 8.75. The molecule has 6 heteroatoms. The van der Waals surface area contributed by atoms with Crippen LogP contribution in [0.4, 0.5) is 10.5 Å². The van der Waals surface area contributed by atoms with Gasteiger partial charge in [0.2, 0.25) is 0 Å². The van der Waals surface area contributed by atoms with Crippen LogP contribution in [0.1, 0.15) is 47.5 Å². The molecule has 1 aromatic carbocycles. The fourth-order valence-corrected chi connectivity index (χ4v) is 3.27. The SMILES string of the molecule is C=C(C)C(=O)OC1CCC(C)(C)N(OC(=O)Nc2ccccc2)C1(C)C. The highest BCUT2D eigenvalue weighted by molar-refractivity contribution is 5.87. The zero-order valence-electron chi connectivity index (χ0n) is 16.2. The van der Waals surface area contributed by atoms with E-state index in [-0.39, 0.29) is 0 Å². The number of amides is 1. The fraction of sp³-hybridized carbons (Fsp3) is 0.500. The topological polar surface area (TPSA) is 67.9 Å². The first kappa shape index (κ1) is 20.0. The summed E-state index contributed by atoms with van der Waals surface area (Å²) >= 11 is 0. The Balaban J connectivity index is 2.15. The van der Waals surface area contributed by atoms with Gasteiger partial charge in [0.1, 0.15) is 6.10 Å². The zero-order chi connectivity index (χ0) is 19.5. The second-order valence-corrected chi connectivity index (χ2v) is 7.84. The number of nitrogens with one attached hydrogen (secondary N) is 1. The standard InChI is InChI=1S/C20H28N2O4/c1-14(2)17(23)25-16-12-13-19(3,4)22(20(16,5)6)26-18(24)21-15-10-8-7-9-11-15/h7-11,16H,1,12-13H2,2-6H3,(H,21,24). The molecule has 142 valence electrons. The van der Waals surface area contributed by atoms with Crippen molar-refractivity contribution in [2.24, 2.45) is 0 Å². The quantitative estimate of drug-likeness (QED) is 0.641. The minimum Gasteiger partial charge on any atom is -0.457 e. The number of hydrogen-bond acceptors (Lipinski definition) is 5. The van der Waals surface area contributed by atoms with Crippen molar-refractivity contribution in [3.8, 4) is 0 Å². The fourth-order valence-electron chi connectivity index (χ4n) is 3.27. The van der Waals surface area contributed by atoms with E-state index in [1.807, 2.05) is 45.9 Å². The first-order valence-electron chi connectivity index (χ1n) is 8.75. The van der Waals surface area contributed by atoms with Crippen LogP contribution in [0.15, 0.2) is 42.5 Å². The van der Waals surface area contributed by atoms with E-state index in [1.54, 1.807) is 24.1 Å². The lowest BCUT2D eigenvalue weighted by Crippen LogP contribution is -2.65. The maximum Gasteiger partial charge on any atom is 0.430 e. The average molecular weight is 360 g/mol. The molecule has 1 saturated heterocycles. The molecule has 1 amide bonds. The molecule has 1 unspecified atom stereocenters. The van der Waals surface area contributed by atoms with Gasteiger partial charge in [-0.2, -0.15) is 0 Å². The molecule has 0 bridgehead atoms. The van der Waals surface area contributed by atoms with Crippen LogP contribution < -0.4 is 5.32 Å². The van der Waals surface area contributed by atoms with Crippen molar-refractivity contribution >= 4 is 17.7 Å². The van der Waals surface area contributed by atoms with Crippen LogP contribution in [-0.4, -0.2) is 34.3 Å². The number of carbonyl (C=O) groups is 2. The Morgan fingerprint density at radius 3 is 2.38 bits per heavy atom. The molecule has 1 heterocycles. The summed E-state index contributed by atoms with van der Waals surface area (Å²) in [6.45, 7) is 13.1. The minimum atomic E-state index is -0.694. The highest BCUT2D eigenvalue weighted by Crippen LogP contribution is 2.40. The van der Waals surface area contributed by atoms with E-state index in [1.165, 1.54) is 0 Å². The van der Waals surface area contributed by atoms with E-state index >= 15 is 0 Å². The van der Waals surface area contributed by atoms with Gasteiger partial charge in [-0.25, -0.2) is 9.59 Å². The van der Waals surface area contributed by atoms with E-state index in [0.717, 1.165) is 0 Å². The molecule has 0 aromatic heterocycles. The Morgan fingerprint density at radius 1 is 1.19 bits per heavy atom. The first-order chi connectivity index (χ1) is 12.0. The second-order valence-electron chi connectivity index (χ2n) is 7.84. The van der Waals surface area contributed by atoms with Gasteiger partial charge in [0, 0.05) is 11.3 Å². The number of hydrogen-bond donors (Lipinski definition) is 1. The van der Waals surface area contributed by atoms with Gasteiger partial charge >= 0.3 is 12.1 Å². The summed E-state index contributed by atoms with van der Waals surface area (Å²) in [5.74, 6) is -0.434. The number of nitrogens with zero attached hydrogens (tertiary/aromatic N) is 1. The number of hydroxylamine groups is 2. The molecule has 1 aliphatic heterocycles. The van der Waals surface area contributed by atoms with Crippen LogP contribution in [0.25, 0.3) is 0 Å². The lowest BCUT2D eigenvalue weighted by atomic mass is 9.80. The van der Waals surface area contributed by atoms with Gasteiger partial charge in [-0.1, -0.05) is 24.8 Å². The van der Waals surface area contributed by atoms with Crippen LogP contribution in [0.5, 0.6) is 0 Å². The molecule has 6 nitrogen and oxygen atoms in total. The predicted octanol–water partition coefficient (Wildman–Crippen LogP) is 4.29. The van der Waals surface area contributed by atoms with Gasteiger partial charge in [0.05, 0.1) is 11.1 Å². The summed E-state index contributed by atoms with van der Waals surface area (Å²) in [5, 5.41) is 4.35. The average Bonchev–Trinajstić information content (AvgIpc) is 2.55. The number of carbonyl (C=O) groups excluding carboxylic acids is 2. The molecule has 0 spiro atoms. The smallest absolute Gasteiger partial charge is 0.430 e. The van der Waals surface area contributed by atoms with Crippen LogP contribution in [0, 0.1) is 0 Å². The summed E-state index contributed by atoms with van der Waals surface area (Å²) < 4.78 is 5.60. The van der Waals surface area contributed by atoms with Crippen molar-refractivity contribution in [3.05, 3.63) is 42.5 Å². The van der Waals surface area contributed by atoms with Crippen LogP contribution in [-0.2, 0) is 14.4 Å². The highest BCUT2D eigenvalue weighted by atomic mass is 16.7. The van der Waals surface area contributed by atoms with Crippen molar-refractivity contribution in [2.75, 3.05) is 5.32 Å². The Morgan fingerprint density at radius 2 is 1.81 bits per heavy atom. The molecule has 1 atom stereocenters. The van der Waals surface area contributed by atoms with Crippen molar-refractivity contribution in [2.45, 2.75) is 64.6 Å². The number of para-hydroxylation sites is 1. The molecule has 0 radical (unpaired) electrons. The van der Waals surface area contributed by atoms with Crippen molar-refractivity contribution in [1.82, 2.24) is 5.06 Å². The van der Waals surface area contributed by atoms with E-state index in [2.05, 4.69) is 11.9 Å². The van der Waals surface area contributed by atoms with Crippen molar-refractivity contribution in [3.63, 3.8) is 0 Å². The van der Waals surface area contributed by atoms with Gasteiger partial charge < -0.3 is 9.57 Å². The number of anilines is 1. The third-order valence-corrected chi connectivity index (χ3v) is 4.67. The molecule has 1 aromatic rings. The molecule has 1 aliphatic rings. The Hall–Kier alpha value is -2.34. The van der Waals surface area contributed by atoms with Crippen LogP contribution in [0.3, 0.4) is 0 Å². The molecular weight excluding hydrogens is 332 g/mol. The Kier molecular flexibility index (Phi) is 5.76. The maximum atomic E-state index is 12.4. The highest BCUT2D eigenvalue weighted by Gasteiger charge is 2.51. The minimum absolute atomic E-state index is 0.347. The number of esters is 1. The molecule has 0 saturated carbocycles. The largest absolute Gasteiger partial charge is 0.457 e. The van der Waals surface area contributed by atoms with Gasteiger partial charge in [-0.15, -0.1) is 5.06 Å². The van der Waals surface area contributed by atoms with Gasteiger partial charge in [0.15, 0.2) is 0 Å². The van der Waals surface area contributed by atoms with E-state index in [9.17, 15) is 9.59 Å².